The van der Waals surface area contributed by atoms with Crippen molar-refractivity contribution in [1.29, 1.82) is 0 Å². The maximum atomic E-state index is 12.6. The van der Waals surface area contributed by atoms with E-state index in [9.17, 15) is 9.59 Å². The van der Waals surface area contributed by atoms with Crippen LogP contribution in [0.25, 0.3) is 16.5 Å². The zero-order valence-corrected chi connectivity index (χ0v) is 20.7. The average Bonchev–Trinajstić information content (AvgIpc) is 3.16. The Kier molecular flexibility index (Phi) is 7.80. The Morgan fingerprint density at radius 1 is 0.972 bits per heavy atom. The molecule has 0 saturated heterocycles. The highest BCUT2D eigenvalue weighted by Gasteiger charge is 2.19. The van der Waals surface area contributed by atoms with Crippen molar-refractivity contribution in [2.45, 2.75) is 33.2 Å². The predicted molar refractivity (Wildman–Crippen MR) is 142 cm³/mol. The first kappa shape index (κ1) is 24.7. The standard InChI is InChI=1S/C29H30N4O3/c1-4-36-29(35)31-27(23-11-6-5-7-12-23)18-28(34)32-30-19-25-16-20(2)33(21(25)3)26-15-14-22-10-8-9-13-24(22)17-26/h5-17,19,27H,4,18H2,1-3H3,(H,31,35)(H,32,34)/b30-19-/t27-/m0/s1. The number of alkyl carbamates (subject to hydrolysis) is 1. The van der Waals surface area contributed by atoms with E-state index in [-0.39, 0.29) is 18.9 Å². The lowest BCUT2D eigenvalue weighted by Gasteiger charge is -2.18. The summed E-state index contributed by atoms with van der Waals surface area (Å²) >= 11 is 0. The third-order valence-electron chi connectivity index (χ3n) is 6.01. The van der Waals surface area contributed by atoms with Crippen LogP contribution >= 0.6 is 0 Å². The van der Waals surface area contributed by atoms with Gasteiger partial charge >= 0.3 is 6.09 Å². The van der Waals surface area contributed by atoms with E-state index < -0.39 is 12.1 Å². The number of benzene rings is 3. The Morgan fingerprint density at radius 3 is 2.44 bits per heavy atom. The fourth-order valence-electron chi connectivity index (χ4n) is 4.29. The lowest BCUT2D eigenvalue weighted by atomic mass is 10.0. The molecule has 36 heavy (non-hydrogen) atoms. The number of carbonyl (C=O) groups is 2. The molecule has 1 aromatic heterocycles. The third kappa shape index (κ3) is 5.81. The molecule has 0 aliphatic rings. The topological polar surface area (TPSA) is 84.7 Å². The van der Waals surface area contributed by atoms with Crippen LogP contribution in [0.2, 0.25) is 0 Å². The van der Waals surface area contributed by atoms with E-state index in [0.717, 1.165) is 28.2 Å². The minimum atomic E-state index is -0.566. The zero-order valence-electron chi connectivity index (χ0n) is 20.7. The van der Waals surface area contributed by atoms with E-state index >= 15 is 0 Å². The number of fused-ring (bicyclic) bond motifs is 1. The summed E-state index contributed by atoms with van der Waals surface area (Å²) in [5.74, 6) is -0.319. The molecule has 2 amide bonds. The molecule has 184 valence electrons. The second-order valence-electron chi connectivity index (χ2n) is 8.52. The molecule has 0 aliphatic carbocycles. The smallest absolute Gasteiger partial charge is 0.407 e. The molecule has 0 radical (unpaired) electrons. The van der Waals surface area contributed by atoms with Crippen molar-refractivity contribution in [3.8, 4) is 5.69 Å². The van der Waals surface area contributed by atoms with Crippen molar-refractivity contribution in [2.24, 2.45) is 5.10 Å². The van der Waals surface area contributed by atoms with Crippen molar-refractivity contribution in [3.05, 3.63) is 101 Å². The Bertz CT molecular complexity index is 1390. The summed E-state index contributed by atoms with van der Waals surface area (Å²) < 4.78 is 7.16. The van der Waals surface area contributed by atoms with Gasteiger partial charge in [0, 0.05) is 22.6 Å². The summed E-state index contributed by atoms with van der Waals surface area (Å²) in [5, 5.41) is 9.30. The normalized spacial score (nSPS) is 12.0. The fraction of sp³-hybridized carbons (Fsp3) is 0.207. The summed E-state index contributed by atoms with van der Waals surface area (Å²) in [6, 6.07) is 25.5. The number of carbonyl (C=O) groups excluding carboxylic acids is 2. The van der Waals surface area contributed by atoms with Crippen molar-refractivity contribution >= 4 is 29.0 Å². The second-order valence-corrected chi connectivity index (χ2v) is 8.52. The van der Waals surface area contributed by atoms with E-state index in [4.69, 9.17) is 4.74 Å². The van der Waals surface area contributed by atoms with Crippen LogP contribution in [0.15, 0.2) is 84.0 Å². The molecule has 0 saturated carbocycles. The molecule has 2 N–H and O–H groups in total. The Balaban J connectivity index is 1.46. The molecule has 0 aliphatic heterocycles. The van der Waals surface area contributed by atoms with Crippen molar-refractivity contribution in [2.75, 3.05) is 6.61 Å². The van der Waals surface area contributed by atoms with Crippen LogP contribution in [-0.2, 0) is 9.53 Å². The van der Waals surface area contributed by atoms with Crippen LogP contribution in [0, 0.1) is 13.8 Å². The van der Waals surface area contributed by atoms with Gasteiger partial charge in [-0.05, 0) is 55.3 Å². The lowest BCUT2D eigenvalue weighted by molar-refractivity contribution is -0.121. The maximum Gasteiger partial charge on any atom is 0.407 e. The molecule has 0 unspecified atom stereocenters. The summed E-state index contributed by atoms with van der Waals surface area (Å²) in [6.07, 6.45) is 1.11. The Hall–Kier alpha value is -4.39. The number of rotatable bonds is 8. The van der Waals surface area contributed by atoms with Crippen LogP contribution in [0.5, 0.6) is 0 Å². The Morgan fingerprint density at radius 2 is 1.69 bits per heavy atom. The minimum absolute atomic E-state index is 0.0241. The largest absolute Gasteiger partial charge is 0.450 e. The molecule has 1 atom stereocenters. The highest BCUT2D eigenvalue weighted by molar-refractivity contribution is 5.86. The number of nitrogens with zero attached hydrogens (tertiary/aromatic N) is 2. The van der Waals surface area contributed by atoms with Gasteiger partial charge in [0.05, 0.1) is 25.3 Å². The molecule has 7 nitrogen and oxygen atoms in total. The van der Waals surface area contributed by atoms with Gasteiger partial charge in [-0.3, -0.25) is 4.79 Å². The maximum absolute atomic E-state index is 12.6. The summed E-state index contributed by atoms with van der Waals surface area (Å²) in [4.78, 5) is 24.6. The highest BCUT2D eigenvalue weighted by Crippen LogP contribution is 2.24. The van der Waals surface area contributed by atoms with Gasteiger partial charge in [-0.1, -0.05) is 60.7 Å². The average molecular weight is 483 g/mol. The zero-order chi connectivity index (χ0) is 25.5. The number of hydrogen-bond donors (Lipinski definition) is 2. The van der Waals surface area contributed by atoms with Gasteiger partial charge in [0.2, 0.25) is 5.91 Å². The Labute approximate surface area is 210 Å². The number of nitrogens with one attached hydrogen (secondary N) is 2. The molecule has 4 rings (SSSR count). The molecular weight excluding hydrogens is 452 g/mol. The van der Waals surface area contributed by atoms with E-state index in [0.29, 0.717) is 0 Å². The van der Waals surface area contributed by atoms with Gasteiger partial charge < -0.3 is 14.6 Å². The number of ether oxygens (including phenoxy) is 1. The van der Waals surface area contributed by atoms with E-state index in [2.05, 4.69) is 50.7 Å². The van der Waals surface area contributed by atoms with Crippen molar-refractivity contribution in [1.82, 2.24) is 15.3 Å². The van der Waals surface area contributed by atoms with E-state index in [1.54, 1.807) is 13.1 Å². The third-order valence-corrected chi connectivity index (χ3v) is 6.01. The van der Waals surface area contributed by atoms with Crippen LogP contribution < -0.4 is 10.7 Å². The first-order chi connectivity index (χ1) is 17.5. The minimum Gasteiger partial charge on any atom is -0.450 e. The summed E-state index contributed by atoms with van der Waals surface area (Å²) in [5.41, 5.74) is 7.46. The highest BCUT2D eigenvalue weighted by atomic mass is 16.5. The molecule has 4 aromatic rings. The molecule has 0 spiro atoms. The lowest BCUT2D eigenvalue weighted by Crippen LogP contribution is -2.33. The summed E-state index contributed by atoms with van der Waals surface area (Å²) in [7, 11) is 0. The van der Waals surface area contributed by atoms with Crippen LogP contribution in [0.4, 0.5) is 4.79 Å². The van der Waals surface area contributed by atoms with Gasteiger partial charge in [0.15, 0.2) is 0 Å². The quantitative estimate of drug-likeness (QED) is 0.254. The number of aryl methyl sites for hydroxylation is 1. The van der Waals surface area contributed by atoms with Crippen LogP contribution in [0.1, 0.15) is 41.9 Å². The van der Waals surface area contributed by atoms with E-state index in [1.165, 1.54) is 10.8 Å². The van der Waals surface area contributed by atoms with Crippen molar-refractivity contribution < 1.29 is 14.3 Å². The van der Waals surface area contributed by atoms with Gasteiger partial charge in [-0.2, -0.15) is 5.10 Å². The molecule has 0 fully saturated rings. The van der Waals surface area contributed by atoms with Crippen LogP contribution in [-0.4, -0.2) is 29.4 Å². The number of hydrogen-bond acceptors (Lipinski definition) is 4. The molecule has 7 heteroatoms. The van der Waals surface area contributed by atoms with E-state index in [1.807, 2.05) is 62.4 Å². The molecular formula is C29H30N4O3. The SMILES string of the molecule is CCOC(=O)N[C@@H](CC(=O)N/N=C\c1cc(C)n(-c2ccc3ccccc3c2)c1C)c1ccccc1. The van der Waals surface area contributed by atoms with Gasteiger partial charge in [0.1, 0.15) is 0 Å². The summed E-state index contributed by atoms with van der Waals surface area (Å²) in [6.45, 7) is 6.06. The number of hydrazone groups is 1. The molecule has 3 aromatic carbocycles. The van der Waals surface area contributed by atoms with Gasteiger partial charge in [-0.15, -0.1) is 0 Å². The molecule has 1 heterocycles. The number of amides is 2. The first-order valence-corrected chi connectivity index (χ1v) is 11.9. The number of aromatic nitrogens is 1. The van der Waals surface area contributed by atoms with Crippen LogP contribution in [0.3, 0.4) is 0 Å². The first-order valence-electron chi connectivity index (χ1n) is 11.9. The molecule has 0 bridgehead atoms. The van der Waals surface area contributed by atoms with Gasteiger partial charge in [-0.25, -0.2) is 10.2 Å². The fourth-order valence-corrected chi connectivity index (χ4v) is 4.29. The van der Waals surface area contributed by atoms with Crippen molar-refractivity contribution in [3.63, 3.8) is 0 Å². The predicted octanol–water partition coefficient (Wildman–Crippen LogP) is 5.57. The monoisotopic (exact) mass is 482 g/mol. The van der Waals surface area contributed by atoms with Gasteiger partial charge in [0.25, 0.3) is 0 Å². The second kappa shape index (κ2) is 11.4.